The minimum Gasteiger partial charge on any atom is -0.339 e. The fourth-order valence-electron chi connectivity index (χ4n) is 2.75. The second kappa shape index (κ2) is 8.56. The van der Waals surface area contributed by atoms with E-state index < -0.39 is 10.0 Å². The molecule has 8 heteroatoms. The predicted molar refractivity (Wildman–Crippen MR) is 107 cm³/mol. The highest BCUT2D eigenvalue weighted by atomic mass is 32.2. The van der Waals surface area contributed by atoms with Crippen LogP contribution in [0.25, 0.3) is 0 Å². The van der Waals surface area contributed by atoms with Crippen molar-refractivity contribution in [2.45, 2.75) is 16.9 Å². The van der Waals surface area contributed by atoms with Crippen molar-refractivity contribution >= 4 is 39.0 Å². The zero-order chi connectivity index (χ0) is 18.6. The Balaban J connectivity index is 1.45. The highest BCUT2D eigenvalue weighted by Gasteiger charge is 2.30. The van der Waals surface area contributed by atoms with Crippen molar-refractivity contribution in [1.29, 1.82) is 0 Å². The zero-order valence-corrected chi connectivity index (χ0v) is 17.1. The Morgan fingerprint density at radius 2 is 1.81 bits per heavy atom. The summed E-state index contributed by atoms with van der Waals surface area (Å²) in [5.41, 5.74) is 2.44. The topological polar surface area (TPSA) is 57.7 Å². The minimum atomic E-state index is -3.42. The first-order valence-electron chi connectivity index (χ1n) is 8.41. The number of hydrogen-bond donors (Lipinski definition) is 0. The summed E-state index contributed by atoms with van der Waals surface area (Å²) in [4.78, 5) is 14.1. The van der Waals surface area contributed by atoms with Crippen LogP contribution >= 0.6 is 23.1 Å². The number of nitrogens with zero attached hydrogens (tertiary/aromatic N) is 2. The maximum absolute atomic E-state index is 12.5. The van der Waals surface area contributed by atoms with Gasteiger partial charge in [-0.15, -0.1) is 23.1 Å². The molecule has 3 rings (SSSR count). The van der Waals surface area contributed by atoms with Crippen LogP contribution in [-0.2, 0) is 20.6 Å². The number of thioether (sulfide) groups is 1. The minimum absolute atomic E-state index is 0.0790. The summed E-state index contributed by atoms with van der Waals surface area (Å²) in [7, 11) is -3.42. The number of hydrogen-bond acceptors (Lipinski definition) is 5. The summed E-state index contributed by atoms with van der Waals surface area (Å²) < 4.78 is 26.9. The highest BCUT2D eigenvalue weighted by molar-refractivity contribution is 7.99. The van der Waals surface area contributed by atoms with Crippen molar-refractivity contribution in [1.82, 2.24) is 9.21 Å². The van der Waals surface area contributed by atoms with Crippen molar-refractivity contribution in [3.8, 4) is 0 Å². The van der Waals surface area contributed by atoms with Crippen molar-refractivity contribution in [3.05, 3.63) is 52.9 Å². The summed E-state index contributed by atoms with van der Waals surface area (Å²) in [5.74, 6) is 1.31. The molecule has 1 aliphatic rings. The van der Waals surface area contributed by atoms with Gasteiger partial charge in [-0.25, -0.2) is 8.42 Å². The van der Waals surface area contributed by atoms with E-state index >= 15 is 0 Å². The van der Waals surface area contributed by atoms with Crippen LogP contribution in [0.2, 0.25) is 0 Å². The molecule has 1 aromatic carbocycles. The van der Waals surface area contributed by atoms with Gasteiger partial charge < -0.3 is 4.90 Å². The molecule has 5 nitrogen and oxygen atoms in total. The molecule has 0 radical (unpaired) electrons. The van der Waals surface area contributed by atoms with Crippen LogP contribution in [0, 0.1) is 6.92 Å². The average Bonchev–Trinajstić information content (AvgIpc) is 3.19. The number of carbonyl (C=O) groups excluding carboxylic acids is 1. The van der Waals surface area contributed by atoms with E-state index in [0.29, 0.717) is 36.1 Å². The van der Waals surface area contributed by atoms with E-state index in [1.54, 1.807) is 34.2 Å². The van der Waals surface area contributed by atoms with Gasteiger partial charge in [-0.2, -0.15) is 4.31 Å². The Labute approximate surface area is 163 Å². The largest absolute Gasteiger partial charge is 0.339 e. The summed E-state index contributed by atoms with van der Waals surface area (Å²) in [5, 5.41) is 1.76. The number of benzene rings is 1. The Morgan fingerprint density at radius 1 is 1.12 bits per heavy atom. The molecule has 1 fully saturated rings. The van der Waals surface area contributed by atoms with Gasteiger partial charge in [0.2, 0.25) is 5.91 Å². The van der Waals surface area contributed by atoms with Crippen LogP contribution in [0.15, 0.2) is 46.0 Å². The third-order valence-electron chi connectivity index (χ3n) is 4.30. The number of sulfonamides is 1. The molecule has 1 aliphatic heterocycles. The van der Waals surface area contributed by atoms with Gasteiger partial charge in [-0.05, 0) is 23.9 Å². The van der Waals surface area contributed by atoms with Crippen LogP contribution in [0.3, 0.4) is 0 Å². The van der Waals surface area contributed by atoms with Gasteiger partial charge in [0.15, 0.2) is 0 Å². The number of carbonyl (C=O) groups is 1. The van der Waals surface area contributed by atoms with Gasteiger partial charge in [-0.3, -0.25) is 4.79 Å². The Hall–Kier alpha value is -1.35. The van der Waals surface area contributed by atoms with Gasteiger partial charge in [0.25, 0.3) is 10.0 Å². The van der Waals surface area contributed by atoms with Crippen LogP contribution in [0.4, 0.5) is 0 Å². The van der Waals surface area contributed by atoms with E-state index in [4.69, 9.17) is 0 Å². The zero-order valence-electron chi connectivity index (χ0n) is 14.6. The highest BCUT2D eigenvalue weighted by Crippen LogP contribution is 2.22. The Morgan fingerprint density at radius 3 is 2.42 bits per heavy atom. The molecule has 0 spiro atoms. The molecule has 0 bridgehead atoms. The maximum atomic E-state index is 12.5. The number of amides is 1. The third kappa shape index (κ3) is 4.68. The van der Waals surface area contributed by atoms with Crippen molar-refractivity contribution in [2.24, 2.45) is 0 Å². The van der Waals surface area contributed by atoms with Gasteiger partial charge in [0.05, 0.1) is 5.75 Å². The van der Waals surface area contributed by atoms with Crippen LogP contribution in [-0.4, -0.2) is 55.5 Å². The molecule has 0 atom stereocenters. The molecule has 0 aliphatic carbocycles. The van der Waals surface area contributed by atoms with E-state index in [9.17, 15) is 13.2 Å². The molecule has 1 amide bonds. The molecule has 1 aromatic heterocycles. The lowest BCUT2D eigenvalue weighted by Gasteiger charge is -2.33. The number of aryl methyl sites for hydroxylation is 1. The molecule has 0 N–H and O–H groups in total. The van der Waals surface area contributed by atoms with Gasteiger partial charge in [0, 0.05) is 31.9 Å². The van der Waals surface area contributed by atoms with Gasteiger partial charge in [-0.1, -0.05) is 35.9 Å². The second-order valence-corrected chi connectivity index (χ2v) is 10.3. The lowest BCUT2D eigenvalue weighted by molar-refractivity contribution is -0.129. The van der Waals surface area contributed by atoms with Crippen molar-refractivity contribution in [3.63, 3.8) is 0 Å². The standard InChI is InChI=1S/C18H22N2O3S3/c1-15-4-6-16(7-5-15)13-24-14-17(21)19-8-10-20(11-9-19)26(22,23)18-3-2-12-25-18/h2-7,12H,8-11,13-14H2,1H3. The first-order valence-corrected chi connectivity index (χ1v) is 11.9. The molecule has 0 saturated carbocycles. The monoisotopic (exact) mass is 410 g/mol. The fraction of sp³-hybridized carbons (Fsp3) is 0.389. The van der Waals surface area contributed by atoms with Crippen LogP contribution in [0.5, 0.6) is 0 Å². The number of thiophene rings is 1. The summed E-state index contributed by atoms with van der Waals surface area (Å²) in [6.07, 6.45) is 0. The summed E-state index contributed by atoms with van der Waals surface area (Å²) in [6.45, 7) is 3.67. The molecular weight excluding hydrogens is 388 g/mol. The van der Waals surface area contributed by atoms with Crippen LogP contribution < -0.4 is 0 Å². The summed E-state index contributed by atoms with van der Waals surface area (Å²) in [6, 6.07) is 11.7. The van der Waals surface area contributed by atoms with Crippen molar-refractivity contribution in [2.75, 3.05) is 31.9 Å². The maximum Gasteiger partial charge on any atom is 0.252 e. The fourth-order valence-corrected chi connectivity index (χ4v) is 6.20. The average molecular weight is 411 g/mol. The first kappa shape index (κ1) is 19.4. The second-order valence-electron chi connectivity index (χ2n) is 6.20. The lowest BCUT2D eigenvalue weighted by Crippen LogP contribution is -2.50. The predicted octanol–water partition coefficient (Wildman–Crippen LogP) is 2.82. The SMILES string of the molecule is Cc1ccc(CSCC(=O)N2CCN(S(=O)(=O)c3cccs3)CC2)cc1. The molecule has 26 heavy (non-hydrogen) atoms. The molecule has 140 valence electrons. The van der Waals surface area contributed by atoms with Crippen LogP contribution in [0.1, 0.15) is 11.1 Å². The molecular formula is C18H22N2O3S3. The van der Waals surface area contributed by atoms with E-state index in [0.717, 1.165) is 5.75 Å². The third-order valence-corrected chi connectivity index (χ3v) is 8.56. The van der Waals surface area contributed by atoms with Gasteiger partial charge >= 0.3 is 0 Å². The Bertz CT molecular complexity index is 825. The number of rotatable bonds is 6. The van der Waals surface area contributed by atoms with Gasteiger partial charge in [0.1, 0.15) is 4.21 Å². The van der Waals surface area contributed by atoms with Crippen molar-refractivity contribution < 1.29 is 13.2 Å². The quantitative estimate of drug-likeness (QED) is 0.735. The lowest BCUT2D eigenvalue weighted by atomic mass is 10.2. The van der Waals surface area contributed by atoms with E-state index in [2.05, 4.69) is 31.2 Å². The molecule has 0 unspecified atom stereocenters. The van der Waals surface area contributed by atoms with E-state index in [1.165, 1.54) is 26.8 Å². The normalized spacial score (nSPS) is 16.0. The smallest absolute Gasteiger partial charge is 0.252 e. The Kier molecular flexibility index (Phi) is 6.39. The number of piperazine rings is 1. The van der Waals surface area contributed by atoms with E-state index in [-0.39, 0.29) is 5.91 Å². The molecule has 1 saturated heterocycles. The van der Waals surface area contributed by atoms with E-state index in [1.807, 2.05) is 0 Å². The molecule has 2 aromatic rings. The first-order chi connectivity index (χ1) is 12.5. The summed E-state index contributed by atoms with van der Waals surface area (Å²) >= 11 is 2.82. The molecule has 2 heterocycles.